The Bertz CT molecular complexity index is 591. The number of rotatable bonds is 8. The molecule has 0 saturated heterocycles. The van der Waals surface area contributed by atoms with Crippen LogP contribution in [0.15, 0.2) is 72.8 Å². The van der Waals surface area contributed by atoms with Crippen molar-refractivity contribution in [3.05, 3.63) is 83.9 Å². The smallest absolute Gasteiger partial charge is 0.152 e. The van der Waals surface area contributed by atoms with E-state index in [0.717, 1.165) is 11.1 Å². The zero-order valence-corrected chi connectivity index (χ0v) is 12.6. The summed E-state index contributed by atoms with van der Waals surface area (Å²) in [4.78, 5) is 11.1. The monoisotopic (exact) mass is 296 g/mol. The van der Waals surface area contributed by atoms with Crippen molar-refractivity contribution in [3.63, 3.8) is 0 Å². The number of allylic oxidation sites excluding steroid dienone is 1. The minimum absolute atomic E-state index is 0.00487. The maximum atomic E-state index is 11.1. The van der Waals surface area contributed by atoms with E-state index in [9.17, 15) is 4.79 Å². The quantitative estimate of drug-likeness (QED) is 0.418. The molecule has 0 N–H and O–H groups in total. The molecule has 0 heterocycles. The second kappa shape index (κ2) is 8.93. The third-order valence-electron chi connectivity index (χ3n) is 3.08. The van der Waals surface area contributed by atoms with Gasteiger partial charge in [0.15, 0.2) is 5.78 Å². The van der Waals surface area contributed by atoms with Gasteiger partial charge in [0, 0.05) is 0 Å². The van der Waals surface area contributed by atoms with Crippen LogP contribution in [0.5, 0.6) is 0 Å². The van der Waals surface area contributed by atoms with Crippen molar-refractivity contribution in [3.8, 4) is 0 Å². The molecule has 0 aliphatic heterocycles. The minimum atomic E-state index is -0.291. The van der Waals surface area contributed by atoms with Crippen LogP contribution in [0.25, 0.3) is 0 Å². The van der Waals surface area contributed by atoms with E-state index in [-0.39, 0.29) is 18.7 Å². The molecule has 0 aromatic heterocycles. The predicted octanol–water partition coefficient (Wildman–Crippen LogP) is 4.06. The first-order chi connectivity index (χ1) is 10.8. The topological polar surface area (TPSA) is 35.5 Å². The molecule has 2 rings (SSSR count). The average molecular weight is 296 g/mol. The van der Waals surface area contributed by atoms with Gasteiger partial charge in [-0.25, -0.2) is 0 Å². The van der Waals surface area contributed by atoms with Crippen molar-refractivity contribution in [2.75, 3.05) is 6.79 Å². The van der Waals surface area contributed by atoms with Gasteiger partial charge in [-0.3, -0.25) is 4.79 Å². The van der Waals surface area contributed by atoms with E-state index < -0.39 is 0 Å². The van der Waals surface area contributed by atoms with Gasteiger partial charge in [-0.05, 0) is 30.2 Å². The predicted molar refractivity (Wildman–Crippen MR) is 86.2 cm³/mol. The van der Waals surface area contributed by atoms with Gasteiger partial charge < -0.3 is 9.47 Å². The Morgan fingerprint density at radius 2 is 1.68 bits per heavy atom. The second-order valence-electron chi connectivity index (χ2n) is 4.92. The van der Waals surface area contributed by atoms with Gasteiger partial charge in [-0.15, -0.1) is 0 Å². The number of hydrogen-bond donors (Lipinski definition) is 0. The second-order valence-corrected chi connectivity index (χ2v) is 4.92. The fraction of sp³-hybridized carbons (Fsp3) is 0.211. The van der Waals surface area contributed by atoms with Crippen molar-refractivity contribution in [1.82, 2.24) is 0 Å². The summed E-state index contributed by atoms with van der Waals surface area (Å²) in [6.07, 6.45) is 2.99. The lowest BCUT2D eigenvalue weighted by Gasteiger charge is -2.15. The molecular formula is C19H20O3. The van der Waals surface area contributed by atoms with Crippen LogP contribution in [-0.2, 0) is 20.9 Å². The molecule has 0 saturated carbocycles. The van der Waals surface area contributed by atoms with Crippen LogP contribution in [-0.4, -0.2) is 12.6 Å². The third kappa shape index (κ3) is 5.64. The molecule has 0 aliphatic rings. The van der Waals surface area contributed by atoms with Gasteiger partial charge in [-0.1, -0.05) is 60.7 Å². The summed E-state index contributed by atoms with van der Waals surface area (Å²) in [6, 6.07) is 19.7. The zero-order chi connectivity index (χ0) is 15.6. The first-order valence-electron chi connectivity index (χ1n) is 7.22. The van der Waals surface area contributed by atoms with Crippen LogP contribution in [0, 0.1) is 0 Å². The molecule has 0 unspecified atom stereocenters. The number of hydrogen-bond acceptors (Lipinski definition) is 3. The Morgan fingerprint density at radius 1 is 1.05 bits per heavy atom. The molecule has 3 heteroatoms. The van der Waals surface area contributed by atoms with Crippen molar-refractivity contribution in [2.45, 2.75) is 19.6 Å². The van der Waals surface area contributed by atoms with E-state index in [4.69, 9.17) is 9.47 Å². The fourth-order valence-corrected chi connectivity index (χ4v) is 1.98. The van der Waals surface area contributed by atoms with Gasteiger partial charge in [0.1, 0.15) is 12.9 Å². The van der Waals surface area contributed by atoms with Crippen LogP contribution < -0.4 is 0 Å². The van der Waals surface area contributed by atoms with E-state index in [2.05, 4.69) is 0 Å². The fourth-order valence-electron chi connectivity index (χ4n) is 1.98. The molecule has 0 bridgehead atoms. The van der Waals surface area contributed by atoms with Crippen LogP contribution in [0.3, 0.4) is 0 Å². The SMILES string of the molecule is CC(=O)C=C[C@@H](OCOCc1ccccc1)c1ccccc1. The van der Waals surface area contributed by atoms with Crippen LogP contribution in [0.1, 0.15) is 24.2 Å². The Hall–Kier alpha value is -2.23. The molecule has 22 heavy (non-hydrogen) atoms. The van der Waals surface area contributed by atoms with Crippen molar-refractivity contribution in [2.24, 2.45) is 0 Å². The summed E-state index contributed by atoms with van der Waals surface area (Å²) in [6.45, 7) is 2.18. The molecule has 1 atom stereocenters. The minimum Gasteiger partial charge on any atom is -0.351 e. The molecule has 2 aromatic rings. The molecule has 2 aromatic carbocycles. The number of ketones is 1. The molecule has 0 radical (unpaired) electrons. The number of benzene rings is 2. The van der Waals surface area contributed by atoms with E-state index >= 15 is 0 Å². The summed E-state index contributed by atoms with van der Waals surface area (Å²) in [5, 5.41) is 0. The van der Waals surface area contributed by atoms with Gasteiger partial charge in [-0.2, -0.15) is 0 Å². The highest BCUT2D eigenvalue weighted by Gasteiger charge is 2.08. The molecule has 0 spiro atoms. The molecule has 114 valence electrons. The van der Waals surface area contributed by atoms with Gasteiger partial charge >= 0.3 is 0 Å². The Labute approximate surface area is 131 Å². The Morgan fingerprint density at radius 3 is 2.32 bits per heavy atom. The number of carbonyl (C=O) groups excluding carboxylic acids is 1. The lowest BCUT2D eigenvalue weighted by molar-refractivity contribution is -0.112. The first kappa shape index (κ1) is 16.1. The van der Waals surface area contributed by atoms with Gasteiger partial charge in [0.2, 0.25) is 0 Å². The molecule has 3 nitrogen and oxygen atoms in total. The Kier molecular flexibility index (Phi) is 6.55. The molecule has 0 amide bonds. The van der Waals surface area contributed by atoms with E-state index in [1.54, 1.807) is 6.08 Å². The summed E-state index contributed by atoms with van der Waals surface area (Å²) in [5.74, 6) is -0.00487. The van der Waals surface area contributed by atoms with Gasteiger partial charge in [0.05, 0.1) is 6.61 Å². The number of carbonyl (C=O) groups is 1. The highest BCUT2D eigenvalue weighted by molar-refractivity contribution is 5.87. The van der Waals surface area contributed by atoms with E-state index in [1.165, 1.54) is 13.0 Å². The highest BCUT2D eigenvalue weighted by atomic mass is 16.7. The van der Waals surface area contributed by atoms with Crippen molar-refractivity contribution < 1.29 is 14.3 Å². The average Bonchev–Trinajstić information content (AvgIpc) is 2.56. The van der Waals surface area contributed by atoms with E-state index in [1.807, 2.05) is 60.7 Å². The van der Waals surface area contributed by atoms with Gasteiger partial charge in [0.25, 0.3) is 0 Å². The number of ether oxygens (including phenoxy) is 2. The molecular weight excluding hydrogens is 276 g/mol. The summed E-state index contributed by atoms with van der Waals surface area (Å²) >= 11 is 0. The molecule has 0 fully saturated rings. The highest BCUT2D eigenvalue weighted by Crippen LogP contribution is 2.19. The third-order valence-corrected chi connectivity index (χ3v) is 3.08. The van der Waals surface area contributed by atoms with E-state index in [0.29, 0.717) is 6.61 Å². The van der Waals surface area contributed by atoms with Crippen LogP contribution in [0.2, 0.25) is 0 Å². The lowest BCUT2D eigenvalue weighted by atomic mass is 10.1. The summed E-state index contributed by atoms with van der Waals surface area (Å²) in [7, 11) is 0. The van der Waals surface area contributed by atoms with Crippen molar-refractivity contribution >= 4 is 5.78 Å². The standard InChI is InChI=1S/C19H20O3/c1-16(20)12-13-19(18-10-6-3-7-11-18)22-15-21-14-17-8-4-2-5-9-17/h2-13,19H,14-15H2,1H3/t19-/m1/s1. The lowest BCUT2D eigenvalue weighted by Crippen LogP contribution is -2.06. The Balaban J connectivity index is 1.88. The first-order valence-corrected chi connectivity index (χ1v) is 7.22. The maximum absolute atomic E-state index is 11.1. The summed E-state index contributed by atoms with van der Waals surface area (Å²) in [5.41, 5.74) is 2.09. The zero-order valence-electron chi connectivity index (χ0n) is 12.6. The normalized spacial score (nSPS) is 12.4. The van der Waals surface area contributed by atoms with Crippen LogP contribution in [0.4, 0.5) is 0 Å². The van der Waals surface area contributed by atoms with Crippen LogP contribution >= 0.6 is 0 Å². The largest absolute Gasteiger partial charge is 0.351 e. The summed E-state index contributed by atoms with van der Waals surface area (Å²) < 4.78 is 11.3. The molecule has 0 aliphatic carbocycles. The van der Waals surface area contributed by atoms with Crippen molar-refractivity contribution in [1.29, 1.82) is 0 Å². The maximum Gasteiger partial charge on any atom is 0.152 e.